The Hall–Kier alpha value is -2.75. The van der Waals surface area contributed by atoms with E-state index in [1.165, 1.54) is 6.07 Å². The van der Waals surface area contributed by atoms with Gasteiger partial charge >= 0.3 is 51.4 Å². The van der Waals surface area contributed by atoms with E-state index in [0.29, 0.717) is 39.9 Å². The van der Waals surface area contributed by atoms with Crippen molar-refractivity contribution < 1.29 is 74.4 Å². The van der Waals surface area contributed by atoms with Gasteiger partial charge in [-0.2, -0.15) is 0 Å². The first-order chi connectivity index (χ1) is 17.5. The molecule has 4 aromatic carbocycles. The maximum Gasteiger partial charge on any atom is 1.00 e. The summed E-state index contributed by atoms with van der Waals surface area (Å²) in [4.78, 5) is 4.40. The average Bonchev–Trinajstić information content (AvgIpc) is 2.91. The number of aromatic nitrogens is 1. The van der Waals surface area contributed by atoms with E-state index >= 15 is 0 Å². The van der Waals surface area contributed by atoms with Crippen LogP contribution in [-0.2, 0) is 0 Å². The topological polar surface area (TPSA) is 54.7 Å². The molecule has 0 aliphatic rings. The summed E-state index contributed by atoms with van der Waals surface area (Å²) in [6.07, 6.45) is 1.67. The molecule has 0 bridgehead atoms. The summed E-state index contributed by atoms with van der Waals surface area (Å²) in [6.45, 7) is 4.00. The quantitative estimate of drug-likeness (QED) is 0.261. The molecule has 0 fully saturated rings. The zero-order valence-electron chi connectivity index (χ0n) is 21.4. The van der Waals surface area contributed by atoms with Crippen LogP contribution in [0.25, 0.3) is 27.0 Å². The molecule has 0 amide bonds. The number of halogens is 2. The van der Waals surface area contributed by atoms with Gasteiger partial charge in [0.05, 0.1) is 19.7 Å². The van der Waals surface area contributed by atoms with Gasteiger partial charge < -0.3 is 19.5 Å². The second kappa shape index (κ2) is 13.2. The van der Waals surface area contributed by atoms with Gasteiger partial charge in [-0.05, 0) is 47.2 Å². The van der Waals surface area contributed by atoms with Crippen LogP contribution in [0, 0.1) is 11.6 Å². The van der Waals surface area contributed by atoms with Crippen molar-refractivity contribution in [3.8, 4) is 23.0 Å². The monoisotopic (exact) mass is 526 g/mol. The molecule has 0 aliphatic carbocycles. The summed E-state index contributed by atoms with van der Waals surface area (Å²) in [5.41, 5.74) is 1.66. The molecule has 5 aromatic rings. The van der Waals surface area contributed by atoms with E-state index in [-0.39, 0.29) is 51.4 Å². The maximum atomic E-state index is 13.5. The van der Waals surface area contributed by atoms with Crippen LogP contribution >= 0.6 is 0 Å². The Morgan fingerprint density at radius 2 is 1.35 bits per heavy atom. The summed E-state index contributed by atoms with van der Waals surface area (Å²) >= 11 is 0. The Balaban J connectivity index is 0.00000124. The van der Waals surface area contributed by atoms with E-state index in [4.69, 9.17) is 14.2 Å². The number of methoxy groups -OCH3 is 2. The molecule has 0 saturated heterocycles. The Morgan fingerprint density at radius 3 is 2.08 bits per heavy atom. The van der Waals surface area contributed by atoms with Crippen LogP contribution in [0.15, 0.2) is 79.0 Å². The summed E-state index contributed by atoms with van der Waals surface area (Å²) < 4.78 is 43.7. The van der Waals surface area contributed by atoms with Crippen LogP contribution in [-0.4, -0.2) is 19.2 Å². The van der Waals surface area contributed by atoms with E-state index in [1.807, 2.05) is 56.3 Å². The Labute approximate surface area is 257 Å². The van der Waals surface area contributed by atoms with E-state index in [1.54, 1.807) is 32.5 Å². The maximum absolute atomic E-state index is 13.5. The van der Waals surface area contributed by atoms with Crippen molar-refractivity contribution in [3.05, 3.63) is 95.9 Å². The van der Waals surface area contributed by atoms with Gasteiger partial charge in [0, 0.05) is 17.6 Å². The largest absolute Gasteiger partial charge is 1.00 e. The number of benzene rings is 4. The molecule has 0 unspecified atom stereocenters. The number of fused-ring (bicyclic) bond motifs is 2. The molecule has 37 heavy (non-hydrogen) atoms. The number of rotatable bonds is 6. The van der Waals surface area contributed by atoms with Gasteiger partial charge in [0.1, 0.15) is 11.5 Å². The van der Waals surface area contributed by atoms with E-state index in [2.05, 4.69) is 10.3 Å². The van der Waals surface area contributed by atoms with Crippen molar-refractivity contribution in [1.82, 2.24) is 4.98 Å². The molecular weight excluding hydrogens is 501 g/mol. The fourth-order valence-corrected chi connectivity index (χ4v) is 3.71. The third-order valence-electron chi connectivity index (χ3n) is 5.39. The molecule has 0 N–H and O–H groups in total. The molecule has 0 saturated carbocycles. The number of hydrogen-bond acceptors (Lipinski definition) is 4. The van der Waals surface area contributed by atoms with Crippen LogP contribution in [0.5, 0.6) is 23.0 Å². The van der Waals surface area contributed by atoms with E-state index in [0.717, 1.165) is 28.3 Å². The van der Waals surface area contributed by atoms with Crippen molar-refractivity contribution in [2.24, 2.45) is 0 Å². The summed E-state index contributed by atoms with van der Waals surface area (Å²) in [6, 6.07) is 20.3. The second-order valence-corrected chi connectivity index (χ2v) is 7.54. The number of hydrogen-bond donors (Lipinski definition) is 0. The SMILES string of the molecule is CC.COc1cc2nccc(Oc3ccc4ccc([N-]c5ccc(F)c(F)c5)cc4c3)c2cc1OC.[K+]. The van der Waals surface area contributed by atoms with Gasteiger partial charge in [-0.1, -0.05) is 44.2 Å². The zero-order valence-corrected chi connectivity index (χ0v) is 24.5. The minimum Gasteiger partial charge on any atom is -0.658 e. The molecule has 5 nitrogen and oxygen atoms in total. The van der Waals surface area contributed by atoms with Crippen molar-refractivity contribution in [1.29, 1.82) is 0 Å². The van der Waals surface area contributed by atoms with E-state index in [9.17, 15) is 8.78 Å². The van der Waals surface area contributed by atoms with Crippen molar-refractivity contribution >= 4 is 33.1 Å². The third-order valence-corrected chi connectivity index (χ3v) is 5.39. The van der Waals surface area contributed by atoms with Crippen molar-refractivity contribution in [3.63, 3.8) is 0 Å². The molecule has 0 aliphatic heterocycles. The summed E-state index contributed by atoms with van der Waals surface area (Å²) in [5.74, 6) is 0.570. The minimum atomic E-state index is -0.934. The smallest absolute Gasteiger partial charge is 0.658 e. The molecule has 0 radical (unpaired) electrons. The molecular formula is C29H25F2KN2O3. The van der Waals surface area contributed by atoms with Gasteiger partial charge in [0.2, 0.25) is 0 Å². The van der Waals surface area contributed by atoms with Crippen molar-refractivity contribution in [2.75, 3.05) is 14.2 Å². The molecule has 0 atom stereocenters. The first-order valence-corrected chi connectivity index (χ1v) is 11.4. The zero-order chi connectivity index (χ0) is 25.7. The minimum absolute atomic E-state index is 0. The van der Waals surface area contributed by atoms with Gasteiger partial charge in [-0.3, -0.25) is 4.98 Å². The Kier molecular flexibility index (Phi) is 10.3. The van der Waals surface area contributed by atoms with Crippen LogP contribution in [0.2, 0.25) is 0 Å². The molecule has 1 heterocycles. The van der Waals surface area contributed by atoms with Gasteiger partial charge in [-0.15, -0.1) is 11.4 Å². The molecule has 8 heteroatoms. The Bertz CT molecular complexity index is 1530. The first kappa shape index (κ1) is 28.8. The van der Waals surface area contributed by atoms with Gasteiger partial charge in [-0.25, -0.2) is 8.78 Å². The fraction of sp³-hybridized carbons (Fsp3) is 0.138. The third kappa shape index (κ3) is 6.58. The normalized spacial score (nSPS) is 10.2. The van der Waals surface area contributed by atoms with E-state index < -0.39 is 11.6 Å². The van der Waals surface area contributed by atoms with Crippen LogP contribution in [0.4, 0.5) is 20.2 Å². The number of pyridine rings is 1. The average molecular weight is 527 g/mol. The first-order valence-electron chi connectivity index (χ1n) is 11.4. The standard InChI is InChI=1S/C27H19F2N2O3.C2H6.K/c1-32-26-14-21-24(15-27(26)33-2)30-10-9-25(21)34-20-7-4-16-3-5-18(11-17(16)12-20)31-19-6-8-22(28)23(29)13-19;1-2;/h3-15H,1-2H3;1-2H3;/q-1;;+1. The van der Waals surface area contributed by atoms with Crippen LogP contribution in [0.3, 0.4) is 0 Å². The Morgan fingerprint density at radius 1 is 0.676 bits per heavy atom. The predicted molar refractivity (Wildman–Crippen MR) is 139 cm³/mol. The summed E-state index contributed by atoms with van der Waals surface area (Å²) in [7, 11) is 3.15. The fourth-order valence-electron chi connectivity index (χ4n) is 3.71. The number of ether oxygens (including phenoxy) is 3. The second-order valence-electron chi connectivity index (χ2n) is 7.54. The number of nitrogens with zero attached hydrogens (tertiary/aromatic N) is 2. The molecule has 184 valence electrons. The van der Waals surface area contributed by atoms with Crippen molar-refractivity contribution in [2.45, 2.75) is 13.8 Å². The van der Waals surface area contributed by atoms with Crippen LogP contribution < -0.4 is 65.6 Å². The van der Waals surface area contributed by atoms with Gasteiger partial charge in [0.25, 0.3) is 0 Å². The predicted octanol–water partition coefficient (Wildman–Crippen LogP) is 5.84. The molecule has 0 spiro atoms. The summed E-state index contributed by atoms with van der Waals surface area (Å²) in [5, 5.41) is 7.06. The van der Waals surface area contributed by atoms with Gasteiger partial charge in [0.15, 0.2) is 23.1 Å². The molecule has 5 rings (SSSR count). The van der Waals surface area contributed by atoms with Crippen LogP contribution in [0.1, 0.15) is 13.8 Å². The molecule has 1 aromatic heterocycles.